The Morgan fingerprint density at radius 2 is 0.483 bits per heavy atom. The second kappa shape index (κ2) is 49.5. The van der Waals surface area contributed by atoms with E-state index in [0.29, 0.717) is 86.3 Å². The first-order valence-corrected chi connectivity index (χ1v) is 50.3. The van der Waals surface area contributed by atoms with E-state index in [1.54, 1.807) is 81.6 Å². The van der Waals surface area contributed by atoms with E-state index in [4.69, 9.17) is 28.4 Å². The van der Waals surface area contributed by atoms with Gasteiger partial charge in [-0.1, -0.05) is 214 Å². The van der Waals surface area contributed by atoms with Gasteiger partial charge in [-0.05, 0) is 182 Å². The highest BCUT2D eigenvalue weighted by Crippen LogP contribution is 2.44. The zero-order valence-corrected chi connectivity index (χ0v) is 86.4. The SMILES string of the molecule is CC(=O)C1(COC(=O)c2cncn2[C@H](C)c2ccccc2)CCC1.CC(=O)C1(COC(=O)c2cncn2[C@H](C)c2ccccc2)CCCCC1.CC(=O)C1(COC(=O)c2cncn2[C@H](C)c2ccccc2)CN(C)C1.CC(=O)C1(OC(=O)c2cncn2[C@H](C)c2ccccc2)CCCCC1.CC(=O)C1(OC(=O)c2cncn2[C@H](C)c2ccccc2)CN(C)C1.CC(=O)C1(OC(=O)c2cncn2[C@H](C)c2ccccc2)CNC1. The fourth-order valence-electron chi connectivity index (χ4n) is 19.5. The maximum Gasteiger partial charge on any atom is 0.357 e. The number of rotatable bonds is 33. The molecule has 774 valence electrons. The summed E-state index contributed by atoms with van der Waals surface area (Å²) in [6, 6.07) is 59.1. The second-order valence-corrected chi connectivity index (χ2v) is 39.6. The van der Waals surface area contributed by atoms with Crippen LogP contribution in [0.15, 0.2) is 257 Å². The van der Waals surface area contributed by atoms with Gasteiger partial charge in [-0.15, -0.1) is 0 Å². The number of carbonyl (C=O) groups is 12. The molecular weight excluding hydrogens is 1870 g/mol. The molecule has 3 saturated carbocycles. The first kappa shape index (κ1) is 110. The predicted molar refractivity (Wildman–Crippen MR) is 549 cm³/mol. The van der Waals surface area contributed by atoms with E-state index >= 15 is 0 Å². The quantitative estimate of drug-likeness (QED) is 0.0295. The van der Waals surface area contributed by atoms with Crippen LogP contribution in [0.4, 0.5) is 0 Å². The number of esters is 6. The van der Waals surface area contributed by atoms with Crippen LogP contribution in [0, 0.1) is 16.2 Å². The summed E-state index contributed by atoms with van der Waals surface area (Å²) >= 11 is 0. The van der Waals surface area contributed by atoms with Crippen molar-refractivity contribution in [1.82, 2.24) is 72.4 Å². The van der Waals surface area contributed by atoms with Crippen LogP contribution in [0.3, 0.4) is 0 Å². The lowest BCUT2D eigenvalue weighted by molar-refractivity contribution is -0.153. The molecule has 6 atom stereocenters. The van der Waals surface area contributed by atoms with Gasteiger partial charge >= 0.3 is 35.8 Å². The third-order valence-electron chi connectivity index (χ3n) is 29.7. The Morgan fingerprint density at radius 1 is 0.265 bits per heavy atom. The number of ketones is 6. The van der Waals surface area contributed by atoms with Crippen LogP contribution in [-0.2, 0) is 57.2 Å². The van der Waals surface area contributed by atoms with Crippen LogP contribution in [0.1, 0.15) is 299 Å². The number of Topliss-reactive ketones (excluding diaryl/α,β-unsaturated/α-hetero) is 6. The van der Waals surface area contributed by atoms with Gasteiger partial charge in [0.25, 0.3) is 0 Å². The third-order valence-corrected chi connectivity index (χ3v) is 29.7. The van der Waals surface area contributed by atoms with Gasteiger partial charge < -0.3 is 66.0 Å². The maximum absolute atomic E-state index is 12.8. The Kier molecular flexibility index (Phi) is 36.9. The number of ether oxygens (including phenoxy) is 6. The van der Waals surface area contributed by atoms with Gasteiger partial charge in [-0.25, -0.2) is 58.7 Å². The van der Waals surface area contributed by atoms with E-state index in [0.717, 1.165) is 104 Å². The molecule has 33 nitrogen and oxygen atoms in total. The molecular formula is C114H135N15O18. The fraction of sp³-hybridized carbons (Fsp3) is 0.421. The van der Waals surface area contributed by atoms with Gasteiger partial charge in [-0.2, -0.15) is 0 Å². The van der Waals surface area contributed by atoms with Crippen molar-refractivity contribution < 1.29 is 86.0 Å². The Balaban J connectivity index is 0.000000147. The summed E-state index contributed by atoms with van der Waals surface area (Å²) in [4.78, 5) is 176. The summed E-state index contributed by atoms with van der Waals surface area (Å²) in [5.74, 6) is -2.87. The highest BCUT2D eigenvalue weighted by molar-refractivity contribution is 5.96. The summed E-state index contributed by atoms with van der Waals surface area (Å²) in [7, 11) is 3.83. The van der Waals surface area contributed by atoms with Gasteiger partial charge in [0.1, 0.15) is 71.3 Å². The number of benzene rings is 6. The van der Waals surface area contributed by atoms with E-state index in [9.17, 15) is 57.5 Å². The molecule has 6 fully saturated rings. The average Bonchev–Trinajstić information content (AvgIpc) is 1.56. The van der Waals surface area contributed by atoms with E-state index < -0.39 is 68.9 Å². The Hall–Kier alpha value is -14.7. The van der Waals surface area contributed by atoms with E-state index in [2.05, 4.69) is 35.2 Å². The number of imidazole rings is 6. The normalized spacial score (nSPS) is 17.4. The number of hydrogen-bond donors (Lipinski definition) is 1. The lowest BCUT2D eigenvalue weighted by Gasteiger charge is -2.46. The number of carbonyl (C=O) groups excluding carboxylic acids is 12. The molecule has 0 spiro atoms. The van der Waals surface area contributed by atoms with Crippen molar-refractivity contribution in [2.45, 2.75) is 220 Å². The Bertz CT molecular complexity index is 6480. The molecule has 3 saturated heterocycles. The van der Waals surface area contributed by atoms with Gasteiger partial charge in [0, 0.05) is 39.3 Å². The summed E-state index contributed by atoms with van der Waals surface area (Å²) in [6.45, 7) is 24.4. The number of likely N-dealkylation sites (N-methyl/N-ethyl adjacent to an activating group) is 1. The maximum atomic E-state index is 12.8. The van der Waals surface area contributed by atoms with Crippen LogP contribution in [0.25, 0.3) is 0 Å². The molecule has 3 aliphatic carbocycles. The first-order valence-electron chi connectivity index (χ1n) is 50.3. The van der Waals surface area contributed by atoms with Crippen molar-refractivity contribution in [3.05, 3.63) is 325 Å². The summed E-state index contributed by atoms with van der Waals surface area (Å²) in [5, 5.41) is 2.98. The van der Waals surface area contributed by atoms with Gasteiger partial charge in [0.2, 0.25) is 0 Å². The molecule has 18 rings (SSSR count). The summed E-state index contributed by atoms with van der Waals surface area (Å²) in [5.41, 5.74) is 4.15. The monoisotopic (exact) mass is 2000 g/mol. The molecule has 12 aromatic rings. The minimum Gasteiger partial charge on any atom is -0.460 e. The minimum absolute atomic E-state index is 0.0262. The highest BCUT2D eigenvalue weighted by atomic mass is 16.6. The number of nitrogens with one attached hydrogen (secondary N) is 1. The predicted octanol–water partition coefficient (Wildman–Crippen LogP) is 17.2. The number of likely N-dealkylation sites (tertiary alicyclic amines) is 2. The molecule has 147 heavy (non-hydrogen) atoms. The lowest BCUT2D eigenvalue weighted by atomic mass is 9.67. The van der Waals surface area contributed by atoms with Crippen molar-refractivity contribution in [2.24, 2.45) is 16.2 Å². The lowest BCUT2D eigenvalue weighted by Crippen LogP contribution is -2.66. The average molecular weight is 2000 g/mol. The zero-order valence-electron chi connectivity index (χ0n) is 86.4. The van der Waals surface area contributed by atoms with Crippen LogP contribution >= 0.6 is 0 Å². The molecule has 0 bridgehead atoms. The van der Waals surface area contributed by atoms with Crippen molar-refractivity contribution in [3.8, 4) is 0 Å². The first-order chi connectivity index (χ1) is 70.5. The van der Waals surface area contributed by atoms with Gasteiger partial charge in [0.15, 0.2) is 34.2 Å². The van der Waals surface area contributed by atoms with Gasteiger partial charge in [0.05, 0.1) is 128 Å². The molecule has 3 aliphatic heterocycles. The number of nitrogens with zero attached hydrogens (tertiary/aromatic N) is 14. The van der Waals surface area contributed by atoms with Crippen LogP contribution < -0.4 is 5.32 Å². The van der Waals surface area contributed by atoms with Crippen LogP contribution in [-0.4, -0.2) is 228 Å². The molecule has 0 radical (unpaired) electrons. The smallest absolute Gasteiger partial charge is 0.357 e. The van der Waals surface area contributed by atoms with E-state index in [-0.39, 0.29) is 90.8 Å². The van der Waals surface area contributed by atoms with Crippen molar-refractivity contribution in [3.63, 3.8) is 0 Å². The largest absolute Gasteiger partial charge is 0.460 e. The number of aromatic nitrogens is 12. The molecule has 1 N–H and O–H groups in total. The zero-order chi connectivity index (χ0) is 105. The fourth-order valence-corrected chi connectivity index (χ4v) is 19.5. The standard InChI is InChI=1S/C21H26N2O3.C20H24N2O3.C19H23N3O3.C19H22N2O3.C18H21N3O3.C17H19N3O3/c1-16(18-9-5-3-6-10-18)23-15-22-13-19(23)20(25)26-14-21(17(2)24)11-7-4-8-12-21;1-15(17-9-5-3-6-10-17)22-14-21-13-18(22)19(24)25-20(16(2)23)11-7-4-8-12-20;1-14(16-7-5-4-6-8-16)22-13-20-9-17(22)18(24)25-12-19(15(2)23)10-21(3)11-19;1-14(16-7-4-3-5-8-16)21-13-20-11-17(21)18(23)24-12-19(15(2)22)9-6-10-19;1-13(15-7-5-4-6-8-15)21-12-19-9-16(21)17(23)24-18(14(2)22)10-20(3)11-18;1-12(14-6-4-3-5-7-14)20-11-18-8-15(20)16(22)23-17(13(2)21)9-19-10-17/h3,5-6,9-10,13,15-16H,4,7-8,11-12,14H2,1-2H3;3,5-6,9-10,13-15H,4,7-8,11-12H2,1-2H3;4-9,13-14H,10-12H2,1-3H3;3-5,7-8,11,13-14H,6,9-10,12H2,1-2H3;4-9,12-13H,10-11H2,1-3H3;3-8,11-12,19H,9-10H2,1-2H3/t16-;15-;2*14-;13-;12-/m111111/s1. The summed E-state index contributed by atoms with van der Waals surface area (Å²) < 4.78 is 44.1. The molecule has 0 amide bonds. The highest BCUT2D eigenvalue weighted by Gasteiger charge is 2.52. The molecule has 6 aromatic heterocycles. The Labute approximate surface area is 857 Å². The van der Waals surface area contributed by atoms with Gasteiger partial charge in [-0.3, -0.25) is 33.7 Å². The van der Waals surface area contributed by atoms with E-state index in [1.165, 1.54) is 58.0 Å². The van der Waals surface area contributed by atoms with E-state index in [1.807, 2.05) is 252 Å². The molecule has 9 heterocycles. The molecule has 6 aromatic carbocycles. The van der Waals surface area contributed by atoms with Crippen molar-refractivity contribution in [1.29, 1.82) is 0 Å². The second-order valence-electron chi connectivity index (χ2n) is 39.6. The van der Waals surface area contributed by atoms with Crippen molar-refractivity contribution in [2.75, 3.05) is 73.2 Å². The Morgan fingerprint density at radius 3 is 0.694 bits per heavy atom. The van der Waals surface area contributed by atoms with Crippen molar-refractivity contribution >= 4 is 70.5 Å². The number of hydrogen-bond acceptors (Lipinski definition) is 27. The topological polar surface area (TPSA) is 386 Å². The third kappa shape index (κ3) is 26.0. The van der Waals surface area contributed by atoms with Crippen LogP contribution in [0.2, 0.25) is 0 Å². The molecule has 0 unspecified atom stereocenters. The summed E-state index contributed by atoms with van der Waals surface area (Å²) in [6.07, 6.45) is 30.3. The minimum atomic E-state index is -1.04. The van der Waals surface area contributed by atoms with Crippen LogP contribution in [0.5, 0.6) is 0 Å². The molecule has 33 heteroatoms. The molecule has 6 aliphatic rings.